The maximum atomic E-state index is 12.2. The lowest BCUT2D eigenvalue weighted by Gasteiger charge is -2.15. The molecule has 5 heteroatoms. The van der Waals surface area contributed by atoms with Crippen LogP contribution in [0.2, 0.25) is 0 Å². The number of hydrogen-bond acceptors (Lipinski definition) is 4. The second kappa shape index (κ2) is 7.41. The fourth-order valence-corrected chi connectivity index (χ4v) is 2.73. The number of nitrogens with one attached hydrogen (secondary N) is 2. The number of carbonyl (C=O) groups excluding carboxylic acids is 1. The molecule has 5 nitrogen and oxygen atoms in total. The smallest absolute Gasteiger partial charge is 0.251 e. The molecule has 0 saturated heterocycles. The summed E-state index contributed by atoms with van der Waals surface area (Å²) in [5.74, 6) is 1.37. The molecule has 0 aromatic heterocycles. The van der Waals surface area contributed by atoms with E-state index < -0.39 is 0 Å². The molecule has 1 saturated carbocycles. The molecule has 0 unspecified atom stereocenters. The molecule has 0 radical (unpaired) electrons. The minimum absolute atomic E-state index is 0.0800. The van der Waals surface area contributed by atoms with Crippen molar-refractivity contribution in [1.29, 1.82) is 0 Å². The lowest BCUT2D eigenvalue weighted by atomic mass is 10.1. The van der Waals surface area contributed by atoms with Crippen LogP contribution in [0, 0.1) is 0 Å². The Bertz CT molecular complexity index is 953. The van der Waals surface area contributed by atoms with E-state index in [1.807, 2.05) is 60.7 Å². The van der Waals surface area contributed by atoms with Crippen molar-refractivity contribution >= 4 is 23.0 Å². The number of para-hydroxylation sites is 3. The molecular formula is C22H21N3O2. The van der Waals surface area contributed by atoms with Gasteiger partial charge in [-0.25, -0.2) is 0 Å². The lowest BCUT2D eigenvalue weighted by molar-refractivity contribution is 0.0951. The second-order valence-electron chi connectivity index (χ2n) is 6.59. The molecule has 0 spiro atoms. The van der Waals surface area contributed by atoms with E-state index in [2.05, 4.69) is 10.6 Å². The van der Waals surface area contributed by atoms with Gasteiger partial charge in [0.2, 0.25) is 0 Å². The SMILES string of the molecule is Nc1cc(C(=O)NC2CC2)ccc1Nc1ccccc1Oc1ccccc1. The van der Waals surface area contributed by atoms with Gasteiger partial charge in [0.25, 0.3) is 5.91 Å². The number of benzene rings is 3. The summed E-state index contributed by atoms with van der Waals surface area (Å²) in [6.07, 6.45) is 2.11. The Morgan fingerprint density at radius 3 is 2.41 bits per heavy atom. The minimum Gasteiger partial charge on any atom is -0.455 e. The molecule has 1 fully saturated rings. The Morgan fingerprint density at radius 1 is 0.926 bits per heavy atom. The molecule has 4 rings (SSSR count). The molecule has 1 aliphatic carbocycles. The van der Waals surface area contributed by atoms with Crippen LogP contribution in [-0.2, 0) is 0 Å². The molecule has 3 aromatic carbocycles. The van der Waals surface area contributed by atoms with Crippen molar-refractivity contribution in [3.05, 3.63) is 78.4 Å². The highest BCUT2D eigenvalue weighted by atomic mass is 16.5. The van der Waals surface area contributed by atoms with Crippen LogP contribution in [0.1, 0.15) is 23.2 Å². The topological polar surface area (TPSA) is 76.4 Å². The average Bonchev–Trinajstić information content (AvgIpc) is 3.49. The zero-order valence-corrected chi connectivity index (χ0v) is 14.8. The molecule has 27 heavy (non-hydrogen) atoms. The largest absolute Gasteiger partial charge is 0.455 e. The molecule has 0 bridgehead atoms. The Hall–Kier alpha value is -3.47. The van der Waals surface area contributed by atoms with Gasteiger partial charge in [-0.1, -0.05) is 30.3 Å². The van der Waals surface area contributed by atoms with Gasteiger partial charge in [-0.05, 0) is 55.3 Å². The summed E-state index contributed by atoms with van der Waals surface area (Å²) in [5.41, 5.74) is 8.77. The standard InChI is InChI=1S/C22H21N3O2/c23-18-14-15(22(26)24-16-11-12-16)10-13-19(18)25-20-8-4-5-9-21(20)27-17-6-2-1-3-7-17/h1-10,13-14,16,25H,11-12,23H2,(H,24,26). The summed E-state index contributed by atoms with van der Waals surface area (Å²) >= 11 is 0. The van der Waals surface area contributed by atoms with E-state index in [4.69, 9.17) is 10.5 Å². The number of nitrogen functional groups attached to an aromatic ring is 1. The van der Waals surface area contributed by atoms with Crippen LogP contribution in [0.3, 0.4) is 0 Å². The zero-order valence-electron chi connectivity index (χ0n) is 14.8. The second-order valence-corrected chi connectivity index (χ2v) is 6.59. The normalized spacial score (nSPS) is 13.0. The van der Waals surface area contributed by atoms with Crippen molar-refractivity contribution in [3.63, 3.8) is 0 Å². The zero-order chi connectivity index (χ0) is 18.6. The first-order valence-electron chi connectivity index (χ1n) is 8.98. The molecule has 0 heterocycles. The third-order valence-electron chi connectivity index (χ3n) is 4.35. The molecule has 4 N–H and O–H groups in total. The number of rotatable bonds is 6. The van der Waals surface area contributed by atoms with Gasteiger partial charge in [0, 0.05) is 11.6 Å². The fraction of sp³-hybridized carbons (Fsp3) is 0.136. The predicted octanol–water partition coefficient (Wildman–Crippen LogP) is 4.70. The molecule has 3 aromatic rings. The van der Waals surface area contributed by atoms with E-state index in [1.165, 1.54) is 0 Å². The van der Waals surface area contributed by atoms with Crippen LogP contribution in [0.4, 0.5) is 17.1 Å². The number of carbonyl (C=O) groups is 1. The van der Waals surface area contributed by atoms with Crippen LogP contribution in [0.25, 0.3) is 0 Å². The highest BCUT2D eigenvalue weighted by Gasteiger charge is 2.24. The third-order valence-corrected chi connectivity index (χ3v) is 4.35. The van der Waals surface area contributed by atoms with Crippen molar-refractivity contribution in [2.45, 2.75) is 18.9 Å². The van der Waals surface area contributed by atoms with Crippen molar-refractivity contribution in [1.82, 2.24) is 5.32 Å². The molecule has 1 aliphatic rings. The molecular weight excluding hydrogens is 338 g/mol. The highest BCUT2D eigenvalue weighted by molar-refractivity contribution is 5.96. The van der Waals surface area contributed by atoms with Gasteiger partial charge in [0.05, 0.1) is 17.1 Å². The Kier molecular flexibility index (Phi) is 4.66. The monoisotopic (exact) mass is 359 g/mol. The van der Waals surface area contributed by atoms with E-state index in [9.17, 15) is 4.79 Å². The van der Waals surface area contributed by atoms with Gasteiger partial charge in [-0.2, -0.15) is 0 Å². The Morgan fingerprint density at radius 2 is 1.67 bits per heavy atom. The molecule has 1 amide bonds. The van der Waals surface area contributed by atoms with E-state index in [1.54, 1.807) is 12.1 Å². The first-order chi connectivity index (χ1) is 13.2. The maximum Gasteiger partial charge on any atom is 0.251 e. The van der Waals surface area contributed by atoms with Crippen LogP contribution >= 0.6 is 0 Å². The van der Waals surface area contributed by atoms with Crippen molar-refractivity contribution in [2.24, 2.45) is 0 Å². The van der Waals surface area contributed by atoms with Gasteiger partial charge in [-0.3, -0.25) is 4.79 Å². The summed E-state index contributed by atoms with van der Waals surface area (Å²) in [5, 5.41) is 6.27. The molecule has 136 valence electrons. The van der Waals surface area contributed by atoms with Crippen molar-refractivity contribution in [3.8, 4) is 11.5 Å². The number of ether oxygens (including phenoxy) is 1. The van der Waals surface area contributed by atoms with Gasteiger partial charge in [0.1, 0.15) is 5.75 Å². The van der Waals surface area contributed by atoms with Crippen LogP contribution < -0.4 is 21.1 Å². The van der Waals surface area contributed by atoms with Crippen molar-refractivity contribution < 1.29 is 9.53 Å². The fourth-order valence-electron chi connectivity index (χ4n) is 2.73. The number of anilines is 3. The summed E-state index contributed by atoms with van der Waals surface area (Å²) < 4.78 is 5.97. The van der Waals surface area contributed by atoms with Gasteiger partial charge >= 0.3 is 0 Å². The Balaban J connectivity index is 1.53. The van der Waals surface area contributed by atoms with Gasteiger partial charge < -0.3 is 21.1 Å². The summed E-state index contributed by atoms with van der Waals surface area (Å²) in [6, 6.07) is 22.9. The summed E-state index contributed by atoms with van der Waals surface area (Å²) in [7, 11) is 0. The number of hydrogen-bond donors (Lipinski definition) is 3. The minimum atomic E-state index is -0.0800. The highest BCUT2D eigenvalue weighted by Crippen LogP contribution is 2.33. The first kappa shape index (κ1) is 17.0. The van der Waals surface area contributed by atoms with E-state index >= 15 is 0 Å². The van der Waals surface area contributed by atoms with E-state index in [0.29, 0.717) is 23.0 Å². The van der Waals surface area contributed by atoms with Gasteiger partial charge in [0.15, 0.2) is 5.75 Å². The van der Waals surface area contributed by atoms with Crippen molar-refractivity contribution in [2.75, 3.05) is 11.1 Å². The molecule has 0 atom stereocenters. The lowest BCUT2D eigenvalue weighted by Crippen LogP contribution is -2.25. The maximum absolute atomic E-state index is 12.2. The first-order valence-corrected chi connectivity index (χ1v) is 8.98. The van der Waals surface area contributed by atoms with E-state index in [0.717, 1.165) is 30.0 Å². The van der Waals surface area contributed by atoms with Crippen LogP contribution in [0.5, 0.6) is 11.5 Å². The molecule has 0 aliphatic heterocycles. The average molecular weight is 359 g/mol. The number of nitrogens with two attached hydrogens (primary N) is 1. The quantitative estimate of drug-likeness (QED) is 0.558. The van der Waals surface area contributed by atoms with E-state index in [-0.39, 0.29) is 5.91 Å². The van der Waals surface area contributed by atoms with Crippen LogP contribution in [0.15, 0.2) is 72.8 Å². The summed E-state index contributed by atoms with van der Waals surface area (Å²) in [6.45, 7) is 0. The predicted molar refractivity (Wildman–Crippen MR) is 108 cm³/mol. The Labute approximate surface area is 158 Å². The van der Waals surface area contributed by atoms with Gasteiger partial charge in [-0.15, -0.1) is 0 Å². The number of amides is 1. The summed E-state index contributed by atoms with van der Waals surface area (Å²) in [4.78, 5) is 12.2. The third kappa shape index (κ3) is 4.20. The van der Waals surface area contributed by atoms with Crippen LogP contribution in [-0.4, -0.2) is 11.9 Å².